The van der Waals surface area contributed by atoms with Gasteiger partial charge in [-0.25, -0.2) is 13.8 Å². The summed E-state index contributed by atoms with van der Waals surface area (Å²) < 4.78 is 36.4. The van der Waals surface area contributed by atoms with Crippen molar-refractivity contribution in [2.45, 2.75) is 4.90 Å². The summed E-state index contributed by atoms with van der Waals surface area (Å²) >= 11 is 0. The molecule has 0 spiro atoms. The second-order valence-corrected chi connectivity index (χ2v) is 7.40. The molecule has 1 amide bonds. The Balaban J connectivity index is 2.04. The number of carbonyl (C=O) groups is 1. The van der Waals surface area contributed by atoms with E-state index in [9.17, 15) is 13.2 Å². The molecule has 1 aromatic heterocycles. The number of carbonyl (C=O) groups excluding carboxylic acids is 1. The lowest BCUT2D eigenvalue weighted by molar-refractivity contribution is -0.121. The maximum atomic E-state index is 12.6. The zero-order valence-electron chi connectivity index (χ0n) is 15.1. The third kappa shape index (κ3) is 5.25. The summed E-state index contributed by atoms with van der Waals surface area (Å²) in [6.07, 6.45) is 4.60. The number of nitrogens with zero attached hydrogens (tertiary/aromatic N) is 3. The maximum Gasteiger partial charge on any atom is 0.255 e. The molecule has 0 fully saturated rings. The minimum Gasteiger partial charge on any atom is -0.493 e. The van der Waals surface area contributed by atoms with E-state index >= 15 is 0 Å². The molecule has 0 unspecified atom stereocenters. The highest BCUT2D eigenvalue weighted by Gasteiger charge is 2.24. The lowest BCUT2D eigenvalue weighted by Gasteiger charge is -2.17. The Morgan fingerprint density at radius 2 is 2.00 bits per heavy atom. The molecule has 2 aromatic rings. The van der Waals surface area contributed by atoms with Gasteiger partial charge in [-0.1, -0.05) is 6.07 Å². The van der Waals surface area contributed by atoms with E-state index in [1.165, 1.54) is 45.7 Å². The summed E-state index contributed by atoms with van der Waals surface area (Å²) in [5.41, 5.74) is 2.98. The van der Waals surface area contributed by atoms with Crippen LogP contribution >= 0.6 is 0 Å². The van der Waals surface area contributed by atoms with E-state index in [-0.39, 0.29) is 10.6 Å². The van der Waals surface area contributed by atoms with Crippen molar-refractivity contribution in [1.82, 2.24) is 14.7 Å². The van der Waals surface area contributed by atoms with Gasteiger partial charge in [0.05, 0.1) is 31.9 Å². The maximum absolute atomic E-state index is 12.6. The second kappa shape index (κ2) is 9.10. The minimum atomic E-state index is -3.89. The molecule has 144 valence electrons. The predicted molar refractivity (Wildman–Crippen MR) is 99.3 cm³/mol. The summed E-state index contributed by atoms with van der Waals surface area (Å²) in [6.45, 7) is -0.402. The van der Waals surface area contributed by atoms with Crippen LogP contribution in [-0.2, 0) is 14.8 Å². The normalized spacial score (nSPS) is 11.6. The zero-order valence-corrected chi connectivity index (χ0v) is 15.9. The first-order valence-electron chi connectivity index (χ1n) is 7.78. The Labute approximate surface area is 157 Å². The van der Waals surface area contributed by atoms with Crippen LogP contribution in [0, 0.1) is 0 Å². The first-order valence-corrected chi connectivity index (χ1v) is 9.22. The topological polar surface area (TPSA) is 110 Å². The van der Waals surface area contributed by atoms with Crippen molar-refractivity contribution < 1.29 is 22.7 Å². The average molecular weight is 392 g/mol. The van der Waals surface area contributed by atoms with Crippen LogP contribution in [0.4, 0.5) is 0 Å². The van der Waals surface area contributed by atoms with E-state index in [0.717, 1.165) is 4.31 Å². The molecule has 1 N–H and O–H groups in total. The van der Waals surface area contributed by atoms with Crippen molar-refractivity contribution >= 4 is 22.1 Å². The summed E-state index contributed by atoms with van der Waals surface area (Å²) in [5, 5.41) is 3.78. The molecule has 9 nitrogen and oxygen atoms in total. The Bertz CT molecular complexity index is 916. The Kier molecular flexibility index (Phi) is 6.85. The fourth-order valence-electron chi connectivity index (χ4n) is 2.11. The molecule has 0 saturated heterocycles. The quantitative estimate of drug-likeness (QED) is 0.527. The molecule has 0 aliphatic carbocycles. The zero-order chi connectivity index (χ0) is 19.9. The van der Waals surface area contributed by atoms with E-state index in [2.05, 4.69) is 15.5 Å². The molecule has 0 aliphatic heterocycles. The highest BCUT2D eigenvalue weighted by atomic mass is 32.2. The summed E-state index contributed by atoms with van der Waals surface area (Å²) in [6, 6.07) is 7.69. The SMILES string of the molecule is COc1ccc(S(=O)(=O)N(C)CC(=O)N/N=C\c2cccnc2)cc1OC. The first kappa shape index (κ1) is 20.3. The van der Waals surface area contributed by atoms with Gasteiger partial charge in [0.1, 0.15) is 0 Å². The molecular weight excluding hydrogens is 372 g/mol. The molecule has 27 heavy (non-hydrogen) atoms. The van der Waals surface area contributed by atoms with Gasteiger partial charge in [0.25, 0.3) is 5.91 Å². The van der Waals surface area contributed by atoms with E-state index in [0.29, 0.717) is 11.3 Å². The number of likely N-dealkylation sites (N-methyl/N-ethyl adjacent to an activating group) is 1. The predicted octanol–water partition coefficient (Wildman–Crippen LogP) is 0.870. The summed E-state index contributed by atoms with van der Waals surface area (Å²) in [7, 11) is 0.270. The summed E-state index contributed by atoms with van der Waals surface area (Å²) in [5.74, 6) is 0.0979. The average Bonchev–Trinajstić information content (AvgIpc) is 2.68. The molecule has 0 saturated carbocycles. The van der Waals surface area contributed by atoms with Gasteiger partial charge in [-0.15, -0.1) is 0 Å². The second-order valence-electron chi connectivity index (χ2n) is 5.36. The lowest BCUT2D eigenvalue weighted by atomic mass is 10.3. The Hall–Kier alpha value is -2.98. The van der Waals surface area contributed by atoms with Crippen molar-refractivity contribution in [3.63, 3.8) is 0 Å². The van der Waals surface area contributed by atoms with E-state index in [4.69, 9.17) is 9.47 Å². The number of amides is 1. The number of hydrogen-bond donors (Lipinski definition) is 1. The Morgan fingerprint density at radius 3 is 2.63 bits per heavy atom. The third-order valence-electron chi connectivity index (χ3n) is 3.52. The van der Waals surface area contributed by atoms with Crippen LogP contribution in [0.15, 0.2) is 52.7 Å². The van der Waals surface area contributed by atoms with Crippen molar-refractivity contribution in [2.75, 3.05) is 27.8 Å². The fraction of sp³-hybridized carbons (Fsp3) is 0.235. The van der Waals surface area contributed by atoms with E-state index in [1.54, 1.807) is 24.5 Å². The smallest absolute Gasteiger partial charge is 0.255 e. The molecule has 0 bridgehead atoms. The molecule has 1 aromatic carbocycles. The van der Waals surface area contributed by atoms with Crippen LogP contribution in [0.5, 0.6) is 11.5 Å². The molecule has 0 atom stereocenters. The number of hydrogen-bond acceptors (Lipinski definition) is 7. The van der Waals surface area contributed by atoms with Crippen LogP contribution in [0.3, 0.4) is 0 Å². The standard InChI is InChI=1S/C17H20N4O5S/c1-21(12-17(22)20-19-11-13-5-4-8-18-10-13)27(23,24)14-6-7-15(25-2)16(9-14)26-3/h4-11H,12H2,1-3H3,(H,20,22)/b19-11-. The van der Waals surface area contributed by atoms with Gasteiger partial charge in [0.15, 0.2) is 11.5 Å². The monoisotopic (exact) mass is 392 g/mol. The number of ether oxygens (including phenoxy) is 2. The van der Waals surface area contributed by atoms with Crippen LogP contribution in [0.1, 0.15) is 5.56 Å². The third-order valence-corrected chi connectivity index (χ3v) is 5.32. The summed E-state index contributed by atoms with van der Waals surface area (Å²) in [4.78, 5) is 15.8. The van der Waals surface area contributed by atoms with E-state index in [1.807, 2.05) is 0 Å². The van der Waals surface area contributed by atoms with Crippen LogP contribution in [-0.4, -0.2) is 57.6 Å². The number of methoxy groups -OCH3 is 2. The van der Waals surface area contributed by atoms with Gasteiger partial charge in [0.2, 0.25) is 10.0 Å². The molecule has 0 radical (unpaired) electrons. The largest absolute Gasteiger partial charge is 0.493 e. The Morgan fingerprint density at radius 1 is 1.26 bits per heavy atom. The van der Waals surface area contributed by atoms with Crippen molar-refractivity contribution in [3.8, 4) is 11.5 Å². The van der Waals surface area contributed by atoms with E-state index < -0.39 is 22.5 Å². The number of pyridine rings is 1. The van der Waals surface area contributed by atoms with Gasteiger partial charge >= 0.3 is 0 Å². The number of benzene rings is 1. The fourth-order valence-corrected chi connectivity index (χ4v) is 3.25. The van der Waals surface area contributed by atoms with Crippen LogP contribution < -0.4 is 14.9 Å². The number of hydrazone groups is 1. The van der Waals surface area contributed by atoms with Gasteiger partial charge in [-0.3, -0.25) is 9.78 Å². The van der Waals surface area contributed by atoms with Gasteiger partial charge in [-0.2, -0.15) is 9.41 Å². The number of aromatic nitrogens is 1. The van der Waals surface area contributed by atoms with Crippen molar-refractivity contribution in [2.24, 2.45) is 5.10 Å². The molecule has 1 heterocycles. The van der Waals surface area contributed by atoms with Crippen molar-refractivity contribution in [3.05, 3.63) is 48.3 Å². The molecular formula is C17H20N4O5S. The molecule has 10 heteroatoms. The minimum absolute atomic E-state index is 0.0192. The number of rotatable bonds is 8. The van der Waals surface area contributed by atoms with Gasteiger partial charge in [0, 0.05) is 31.1 Å². The van der Waals surface area contributed by atoms with Gasteiger partial charge in [-0.05, 0) is 18.2 Å². The molecule has 0 aliphatic rings. The highest BCUT2D eigenvalue weighted by Crippen LogP contribution is 2.30. The molecule has 2 rings (SSSR count). The van der Waals surface area contributed by atoms with Crippen molar-refractivity contribution in [1.29, 1.82) is 0 Å². The van der Waals surface area contributed by atoms with Crippen LogP contribution in [0.25, 0.3) is 0 Å². The van der Waals surface area contributed by atoms with Gasteiger partial charge < -0.3 is 9.47 Å². The number of sulfonamides is 1. The lowest BCUT2D eigenvalue weighted by Crippen LogP contribution is -2.36. The first-order chi connectivity index (χ1) is 12.9. The van der Waals surface area contributed by atoms with Crippen LogP contribution in [0.2, 0.25) is 0 Å². The number of nitrogens with one attached hydrogen (secondary N) is 1. The highest BCUT2D eigenvalue weighted by molar-refractivity contribution is 7.89.